The van der Waals surface area contributed by atoms with Gasteiger partial charge < -0.3 is 16.3 Å². The number of nitrogens with one attached hydrogen (secondary N) is 1. The first-order chi connectivity index (χ1) is 8.85. The summed E-state index contributed by atoms with van der Waals surface area (Å²) in [5, 5.41) is 13.9. The van der Waals surface area contributed by atoms with Crippen LogP contribution >= 0.6 is 11.6 Å². The molecule has 19 heavy (non-hydrogen) atoms. The highest BCUT2D eigenvalue weighted by Gasteiger charge is 2.30. The molecule has 0 spiro atoms. The van der Waals surface area contributed by atoms with E-state index < -0.39 is 17.3 Å². The number of hydrogen-bond donors (Lipinski definition) is 3. The van der Waals surface area contributed by atoms with Gasteiger partial charge in [0.25, 0.3) is 5.91 Å². The van der Waals surface area contributed by atoms with Gasteiger partial charge in [0.2, 0.25) is 0 Å². The molecule has 0 saturated carbocycles. The van der Waals surface area contributed by atoms with Crippen LogP contribution < -0.4 is 11.1 Å². The van der Waals surface area contributed by atoms with Crippen molar-refractivity contribution < 1.29 is 14.4 Å². The average Bonchev–Trinajstić information content (AvgIpc) is 2.40. The second-order valence-corrected chi connectivity index (χ2v) is 4.60. The highest BCUT2D eigenvalue weighted by Crippen LogP contribution is 2.20. The minimum Gasteiger partial charge on any atom is -0.409 e. The molecule has 4 N–H and O–H groups in total. The predicted octanol–water partition coefficient (Wildman–Crippen LogP) is 2.12. The maximum Gasteiger partial charge on any atom is 0.253 e. The number of nitrogens with two attached hydrogens (primary N) is 1. The third-order valence-electron chi connectivity index (χ3n) is 2.97. The molecule has 0 aliphatic heterocycles. The first kappa shape index (κ1) is 15.2. The van der Waals surface area contributed by atoms with E-state index in [0.717, 1.165) is 6.07 Å². The van der Waals surface area contributed by atoms with Gasteiger partial charge in [-0.2, -0.15) is 0 Å². The Morgan fingerprint density at radius 3 is 2.79 bits per heavy atom. The topological polar surface area (TPSA) is 87.7 Å². The summed E-state index contributed by atoms with van der Waals surface area (Å²) in [6.07, 6.45) is 0.390. The summed E-state index contributed by atoms with van der Waals surface area (Å²) in [6, 6.07) is 3.92. The van der Waals surface area contributed by atoms with Gasteiger partial charge in [-0.15, -0.1) is 0 Å². The lowest BCUT2D eigenvalue weighted by molar-refractivity contribution is 0.0924. The van der Waals surface area contributed by atoms with Gasteiger partial charge in [-0.25, -0.2) is 4.39 Å². The number of benzene rings is 1. The molecule has 1 aromatic rings. The van der Waals surface area contributed by atoms with Crippen molar-refractivity contribution in [1.29, 1.82) is 0 Å². The van der Waals surface area contributed by atoms with E-state index in [1.54, 1.807) is 13.8 Å². The zero-order valence-electron chi connectivity index (χ0n) is 10.6. The average molecular weight is 288 g/mol. The number of amides is 1. The fourth-order valence-electron chi connectivity index (χ4n) is 1.44. The van der Waals surface area contributed by atoms with Crippen LogP contribution in [0.4, 0.5) is 4.39 Å². The van der Waals surface area contributed by atoms with E-state index in [9.17, 15) is 9.18 Å². The molecule has 0 aliphatic rings. The summed E-state index contributed by atoms with van der Waals surface area (Å²) in [6.45, 7) is 3.35. The molecular formula is C12H15ClFN3O2. The largest absolute Gasteiger partial charge is 0.409 e. The van der Waals surface area contributed by atoms with Crippen molar-refractivity contribution in [3.63, 3.8) is 0 Å². The van der Waals surface area contributed by atoms with Gasteiger partial charge in [0.15, 0.2) is 5.84 Å². The van der Waals surface area contributed by atoms with E-state index in [1.807, 2.05) is 0 Å². The fourth-order valence-corrected chi connectivity index (χ4v) is 1.65. The SMILES string of the molecule is CCC(C)(NC(=O)c1cccc(F)c1Cl)/C(N)=N/O. The third kappa shape index (κ3) is 3.14. The maximum atomic E-state index is 13.3. The van der Waals surface area contributed by atoms with E-state index in [0.29, 0.717) is 6.42 Å². The molecule has 1 atom stereocenters. The molecule has 0 fully saturated rings. The van der Waals surface area contributed by atoms with E-state index in [4.69, 9.17) is 22.5 Å². The van der Waals surface area contributed by atoms with E-state index in [-0.39, 0.29) is 16.4 Å². The van der Waals surface area contributed by atoms with Crippen molar-refractivity contribution in [2.24, 2.45) is 10.9 Å². The van der Waals surface area contributed by atoms with Crippen LogP contribution in [0.15, 0.2) is 23.4 Å². The highest BCUT2D eigenvalue weighted by molar-refractivity contribution is 6.34. The van der Waals surface area contributed by atoms with Crippen LogP contribution in [0.5, 0.6) is 0 Å². The number of hydrogen-bond acceptors (Lipinski definition) is 3. The van der Waals surface area contributed by atoms with Crippen molar-refractivity contribution >= 4 is 23.3 Å². The molecule has 0 saturated heterocycles. The summed E-state index contributed by atoms with van der Waals surface area (Å²) in [7, 11) is 0. The van der Waals surface area contributed by atoms with Crippen molar-refractivity contribution in [1.82, 2.24) is 5.32 Å². The minimum atomic E-state index is -1.04. The summed E-state index contributed by atoms with van der Waals surface area (Å²) in [5.74, 6) is -1.42. The summed E-state index contributed by atoms with van der Waals surface area (Å²) in [5.41, 5.74) is 4.49. The Labute approximate surface area is 115 Å². The number of nitrogens with zero attached hydrogens (tertiary/aromatic N) is 1. The lowest BCUT2D eigenvalue weighted by Crippen LogP contribution is -2.55. The van der Waals surface area contributed by atoms with Crippen molar-refractivity contribution in [2.45, 2.75) is 25.8 Å². The number of carbonyl (C=O) groups excluding carboxylic acids is 1. The highest BCUT2D eigenvalue weighted by atomic mass is 35.5. The van der Waals surface area contributed by atoms with Crippen LogP contribution in [0.2, 0.25) is 5.02 Å². The number of rotatable bonds is 4. The van der Waals surface area contributed by atoms with Crippen LogP contribution in [0.1, 0.15) is 30.6 Å². The molecule has 1 amide bonds. The predicted molar refractivity (Wildman–Crippen MR) is 71.0 cm³/mol. The quantitative estimate of drug-likeness (QED) is 0.343. The third-order valence-corrected chi connectivity index (χ3v) is 3.35. The van der Waals surface area contributed by atoms with Crippen LogP contribution in [0, 0.1) is 5.82 Å². The Balaban J connectivity index is 3.05. The van der Waals surface area contributed by atoms with Crippen molar-refractivity contribution in [2.75, 3.05) is 0 Å². The molecular weight excluding hydrogens is 273 g/mol. The molecule has 7 heteroatoms. The van der Waals surface area contributed by atoms with E-state index in [1.165, 1.54) is 12.1 Å². The second kappa shape index (κ2) is 5.88. The summed E-state index contributed by atoms with van der Waals surface area (Å²) < 4.78 is 13.3. The Hall–Kier alpha value is -1.82. The molecule has 104 valence electrons. The second-order valence-electron chi connectivity index (χ2n) is 4.23. The molecule has 1 unspecified atom stereocenters. The van der Waals surface area contributed by atoms with Gasteiger partial charge in [0, 0.05) is 0 Å². The molecule has 0 heterocycles. The summed E-state index contributed by atoms with van der Waals surface area (Å²) >= 11 is 5.73. The number of oxime groups is 1. The molecule has 0 aliphatic carbocycles. The van der Waals surface area contributed by atoms with Gasteiger partial charge in [-0.1, -0.05) is 29.7 Å². The first-order valence-electron chi connectivity index (χ1n) is 5.60. The van der Waals surface area contributed by atoms with Gasteiger partial charge in [-0.3, -0.25) is 4.79 Å². The molecule has 0 bridgehead atoms. The normalized spacial score (nSPS) is 14.8. The van der Waals surface area contributed by atoms with Gasteiger partial charge in [0.1, 0.15) is 5.82 Å². The van der Waals surface area contributed by atoms with E-state index in [2.05, 4.69) is 10.5 Å². The van der Waals surface area contributed by atoms with Crippen LogP contribution in [-0.2, 0) is 0 Å². The molecule has 5 nitrogen and oxygen atoms in total. The van der Waals surface area contributed by atoms with Gasteiger partial charge in [-0.05, 0) is 25.5 Å². The Bertz CT molecular complexity index is 522. The van der Waals surface area contributed by atoms with Gasteiger partial charge in [0.05, 0.1) is 16.1 Å². The first-order valence-corrected chi connectivity index (χ1v) is 5.98. The Morgan fingerprint density at radius 1 is 1.63 bits per heavy atom. The molecule has 0 radical (unpaired) electrons. The number of amidine groups is 1. The fraction of sp³-hybridized carbons (Fsp3) is 0.333. The zero-order valence-corrected chi connectivity index (χ0v) is 11.3. The lowest BCUT2D eigenvalue weighted by atomic mass is 9.97. The van der Waals surface area contributed by atoms with Crippen LogP contribution in [0.25, 0.3) is 0 Å². The smallest absolute Gasteiger partial charge is 0.253 e. The Morgan fingerprint density at radius 2 is 2.26 bits per heavy atom. The van der Waals surface area contributed by atoms with Crippen molar-refractivity contribution in [3.8, 4) is 0 Å². The summed E-state index contributed by atoms with van der Waals surface area (Å²) in [4.78, 5) is 12.1. The van der Waals surface area contributed by atoms with Crippen LogP contribution in [-0.4, -0.2) is 22.5 Å². The molecule has 1 aromatic carbocycles. The number of carbonyl (C=O) groups is 1. The van der Waals surface area contributed by atoms with Crippen molar-refractivity contribution in [3.05, 3.63) is 34.6 Å². The monoisotopic (exact) mass is 287 g/mol. The zero-order chi connectivity index (χ0) is 14.6. The van der Waals surface area contributed by atoms with E-state index >= 15 is 0 Å². The standard InChI is InChI=1S/C12H15ClFN3O2/c1-3-12(2,11(15)17-19)16-10(18)7-5-4-6-8(14)9(7)13/h4-6,19H,3H2,1-2H3,(H2,15,17)(H,16,18). The maximum absolute atomic E-state index is 13.3. The van der Waals surface area contributed by atoms with Crippen LogP contribution in [0.3, 0.4) is 0 Å². The lowest BCUT2D eigenvalue weighted by Gasteiger charge is -2.28. The number of halogens is 2. The Kier molecular flexibility index (Phi) is 4.72. The molecule has 0 aromatic heterocycles. The molecule has 1 rings (SSSR count). The van der Waals surface area contributed by atoms with Gasteiger partial charge >= 0.3 is 0 Å². The minimum absolute atomic E-state index is 0.00733.